The van der Waals surface area contributed by atoms with Gasteiger partial charge >= 0.3 is 0 Å². The number of pyridine rings is 1. The van der Waals surface area contributed by atoms with E-state index in [9.17, 15) is 0 Å². The molecule has 1 aliphatic rings. The molecule has 0 spiro atoms. The van der Waals surface area contributed by atoms with E-state index in [1.165, 1.54) is 0 Å². The SMILES string of the molecule is COc1cc2ncc3c(c(-c4ccc(C#N)cc4)nn3C3CC3)c2cc1C. The predicted molar refractivity (Wildman–Crippen MR) is 105 cm³/mol. The van der Waals surface area contributed by atoms with Crippen molar-refractivity contribution in [3.8, 4) is 23.1 Å². The summed E-state index contributed by atoms with van der Waals surface area (Å²) in [5, 5.41) is 16.2. The number of fused-ring (bicyclic) bond motifs is 3. The zero-order chi connectivity index (χ0) is 18.5. The first-order chi connectivity index (χ1) is 13.2. The quantitative estimate of drug-likeness (QED) is 0.531. The number of aromatic nitrogens is 3. The van der Waals surface area contributed by atoms with Crippen molar-refractivity contribution in [1.29, 1.82) is 5.26 Å². The lowest BCUT2D eigenvalue weighted by atomic mass is 10.0. The number of rotatable bonds is 3. The Morgan fingerprint density at radius 2 is 1.96 bits per heavy atom. The molecule has 5 nitrogen and oxygen atoms in total. The highest BCUT2D eigenvalue weighted by Crippen LogP contribution is 2.42. The van der Waals surface area contributed by atoms with Gasteiger partial charge in [-0.2, -0.15) is 10.4 Å². The summed E-state index contributed by atoms with van der Waals surface area (Å²) in [7, 11) is 1.68. The minimum atomic E-state index is 0.457. The topological polar surface area (TPSA) is 63.7 Å². The fraction of sp³-hybridized carbons (Fsp3) is 0.227. The normalized spacial score (nSPS) is 13.8. The average Bonchev–Trinajstić information content (AvgIpc) is 3.47. The van der Waals surface area contributed by atoms with Gasteiger partial charge in [-0.25, -0.2) is 0 Å². The van der Waals surface area contributed by atoms with Gasteiger partial charge in [0.15, 0.2) is 0 Å². The maximum Gasteiger partial charge on any atom is 0.123 e. The highest BCUT2D eigenvalue weighted by Gasteiger charge is 2.28. The van der Waals surface area contributed by atoms with E-state index in [1.807, 2.05) is 43.5 Å². The van der Waals surface area contributed by atoms with Gasteiger partial charge in [0.1, 0.15) is 11.4 Å². The van der Waals surface area contributed by atoms with E-state index in [-0.39, 0.29) is 0 Å². The average molecular weight is 354 g/mol. The number of nitriles is 1. The number of nitrogens with zero attached hydrogens (tertiary/aromatic N) is 4. The molecule has 132 valence electrons. The van der Waals surface area contributed by atoms with Crippen molar-refractivity contribution in [2.45, 2.75) is 25.8 Å². The Labute approximate surface area is 156 Å². The molecule has 1 fully saturated rings. The Bertz CT molecular complexity index is 1230. The van der Waals surface area contributed by atoms with Gasteiger partial charge in [0.2, 0.25) is 0 Å². The molecular weight excluding hydrogens is 336 g/mol. The van der Waals surface area contributed by atoms with E-state index in [0.29, 0.717) is 11.6 Å². The number of ether oxygens (including phenoxy) is 1. The maximum atomic E-state index is 9.09. The van der Waals surface area contributed by atoms with E-state index < -0.39 is 0 Å². The van der Waals surface area contributed by atoms with Crippen molar-refractivity contribution in [3.63, 3.8) is 0 Å². The van der Waals surface area contributed by atoms with Gasteiger partial charge in [-0.1, -0.05) is 12.1 Å². The molecule has 5 heteroatoms. The molecule has 1 saturated carbocycles. The summed E-state index contributed by atoms with van der Waals surface area (Å²) in [6.07, 6.45) is 4.23. The van der Waals surface area contributed by atoms with Crippen LogP contribution >= 0.6 is 0 Å². The van der Waals surface area contributed by atoms with Gasteiger partial charge in [0.05, 0.1) is 42.0 Å². The minimum Gasteiger partial charge on any atom is -0.496 e. The highest BCUT2D eigenvalue weighted by atomic mass is 16.5. The van der Waals surface area contributed by atoms with Crippen LogP contribution in [0.4, 0.5) is 0 Å². The van der Waals surface area contributed by atoms with Crippen molar-refractivity contribution in [1.82, 2.24) is 14.8 Å². The number of methoxy groups -OCH3 is 1. The number of benzene rings is 2. The molecule has 1 aliphatic carbocycles. The monoisotopic (exact) mass is 354 g/mol. The molecule has 2 aromatic heterocycles. The molecule has 4 aromatic rings. The van der Waals surface area contributed by atoms with Crippen molar-refractivity contribution in [2.24, 2.45) is 0 Å². The second-order valence-corrected chi connectivity index (χ2v) is 7.07. The summed E-state index contributed by atoms with van der Waals surface area (Å²) in [4.78, 5) is 4.68. The van der Waals surface area contributed by atoms with E-state index in [0.717, 1.165) is 57.2 Å². The Hall–Kier alpha value is -3.39. The third kappa shape index (κ3) is 2.45. The molecular formula is C22H18N4O. The zero-order valence-corrected chi connectivity index (χ0v) is 15.2. The van der Waals surface area contributed by atoms with Crippen LogP contribution < -0.4 is 4.74 Å². The Kier molecular flexibility index (Phi) is 3.41. The van der Waals surface area contributed by atoms with Crippen molar-refractivity contribution < 1.29 is 4.74 Å². The summed E-state index contributed by atoms with van der Waals surface area (Å²) < 4.78 is 7.59. The number of hydrogen-bond donors (Lipinski definition) is 0. The molecule has 27 heavy (non-hydrogen) atoms. The Morgan fingerprint density at radius 1 is 1.19 bits per heavy atom. The number of aryl methyl sites for hydroxylation is 1. The summed E-state index contributed by atoms with van der Waals surface area (Å²) in [5.74, 6) is 0.837. The maximum absolute atomic E-state index is 9.09. The van der Waals surface area contributed by atoms with Crippen LogP contribution in [0.3, 0.4) is 0 Å². The summed E-state index contributed by atoms with van der Waals surface area (Å²) >= 11 is 0. The molecule has 2 heterocycles. The molecule has 0 amide bonds. The first-order valence-electron chi connectivity index (χ1n) is 9.05. The summed E-state index contributed by atoms with van der Waals surface area (Å²) in [6, 6.07) is 14.4. The van der Waals surface area contributed by atoms with Gasteiger partial charge in [-0.05, 0) is 43.5 Å². The Morgan fingerprint density at radius 3 is 2.63 bits per heavy atom. The van der Waals surface area contributed by atoms with Gasteiger partial charge in [-0.15, -0.1) is 0 Å². The van der Waals surface area contributed by atoms with Crippen LogP contribution in [-0.2, 0) is 0 Å². The second kappa shape index (κ2) is 5.82. The second-order valence-electron chi connectivity index (χ2n) is 7.07. The molecule has 0 radical (unpaired) electrons. The third-order valence-corrected chi connectivity index (χ3v) is 5.24. The summed E-state index contributed by atoms with van der Waals surface area (Å²) in [5.41, 5.74) is 5.64. The predicted octanol–water partition coefficient (Wildman–Crippen LogP) is 4.78. The van der Waals surface area contributed by atoms with Gasteiger partial charge in [0.25, 0.3) is 0 Å². The molecule has 0 bridgehead atoms. The molecule has 0 saturated heterocycles. The smallest absolute Gasteiger partial charge is 0.123 e. The summed E-state index contributed by atoms with van der Waals surface area (Å²) in [6.45, 7) is 2.05. The lowest BCUT2D eigenvalue weighted by Gasteiger charge is -2.08. The first-order valence-corrected chi connectivity index (χ1v) is 9.05. The van der Waals surface area contributed by atoms with Crippen LogP contribution in [0.25, 0.3) is 33.1 Å². The van der Waals surface area contributed by atoms with Crippen molar-refractivity contribution in [3.05, 3.63) is 53.7 Å². The zero-order valence-electron chi connectivity index (χ0n) is 15.2. The van der Waals surface area contributed by atoms with Crippen molar-refractivity contribution in [2.75, 3.05) is 7.11 Å². The van der Waals surface area contributed by atoms with Crippen LogP contribution in [0, 0.1) is 18.3 Å². The van der Waals surface area contributed by atoms with Crippen LogP contribution in [-0.4, -0.2) is 21.9 Å². The van der Waals surface area contributed by atoms with Crippen LogP contribution in [0.2, 0.25) is 0 Å². The number of hydrogen-bond acceptors (Lipinski definition) is 4. The van der Waals surface area contributed by atoms with E-state index in [2.05, 4.69) is 21.8 Å². The van der Waals surface area contributed by atoms with Crippen LogP contribution in [0.15, 0.2) is 42.6 Å². The molecule has 5 rings (SSSR count). The highest BCUT2D eigenvalue weighted by molar-refractivity contribution is 6.11. The van der Waals surface area contributed by atoms with Gasteiger partial charge in [-0.3, -0.25) is 9.67 Å². The molecule has 0 atom stereocenters. The van der Waals surface area contributed by atoms with E-state index >= 15 is 0 Å². The molecule has 0 aliphatic heterocycles. The Balaban J connectivity index is 1.85. The third-order valence-electron chi connectivity index (χ3n) is 5.24. The lowest BCUT2D eigenvalue weighted by molar-refractivity contribution is 0.412. The molecule has 2 aromatic carbocycles. The molecule has 0 unspecified atom stereocenters. The van der Waals surface area contributed by atoms with E-state index in [1.54, 1.807) is 7.11 Å². The fourth-order valence-electron chi connectivity index (χ4n) is 3.67. The minimum absolute atomic E-state index is 0.457. The first kappa shape index (κ1) is 15.8. The standard InChI is InChI=1S/C22H18N4O/c1-13-9-17-18(10-20(13)27-2)24-12-19-21(17)22(25-26(19)16-7-8-16)15-5-3-14(11-23)4-6-15/h3-6,9-10,12,16H,7-8H2,1-2H3. The van der Waals surface area contributed by atoms with Crippen LogP contribution in [0.5, 0.6) is 5.75 Å². The lowest BCUT2D eigenvalue weighted by Crippen LogP contribution is -1.96. The fourth-order valence-corrected chi connectivity index (χ4v) is 3.67. The van der Waals surface area contributed by atoms with E-state index in [4.69, 9.17) is 15.1 Å². The largest absolute Gasteiger partial charge is 0.496 e. The van der Waals surface area contributed by atoms with Gasteiger partial charge in [0, 0.05) is 22.4 Å². The molecule has 0 N–H and O–H groups in total. The van der Waals surface area contributed by atoms with Gasteiger partial charge < -0.3 is 4.74 Å². The van der Waals surface area contributed by atoms with Crippen molar-refractivity contribution >= 4 is 21.8 Å². The van der Waals surface area contributed by atoms with Crippen LogP contribution in [0.1, 0.15) is 30.0 Å².